The fourth-order valence-electron chi connectivity index (χ4n) is 1.57. The van der Waals surface area contributed by atoms with E-state index in [-0.39, 0.29) is 5.56 Å². The van der Waals surface area contributed by atoms with Crippen molar-refractivity contribution < 1.29 is 0 Å². The molecule has 0 atom stereocenters. The third kappa shape index (κ3) is 4.75. The summed E-state index contributed by atoms with van der Waals surface area (Å²) in [6, 6.07) is 0. The third-order valence-electron chi connectivity index (χ3n) is 2.49. The summed E-state index contributed by atoms with van der Waals surface area (Å²) in [5.41, 5.74) is 0.0713. The summed E-state index contributed by atoms with van der Waals surface area (Å²) in [5.74, 6) is 1.46. The molecule has 1 N–H and O–H groups in total. The molecule has 0 radical (unpaired) electrons. The second kappa shape index (κ2) is 7.10. The van der Waals surface area contributed by atoms with Crippen molar-refractivity contribution in [3.05, 3.63) is 25.9 Å². The third-order valence-corrected chi connectivity index (χ3v) is 3.23. The summed E-state index contributed by atoms with van der Waals surface area (Å²) in [4.78, 5) is 16.1. The number of aromatic nitrogens is 2. The minimum Gasteiger partial charge on any atom is -0.316 e. The molecule has 1 aromatic heterocycles. The lowest BCUT2D eigenvalue weighted by molar-refractivity contribution is 0.510. The summed E-state index contributed by atoms with van der Waals surface area (Å²) in [7, 11) is 0. The average Bonchev–Trinajstić information content (AvgIpc) is 2.27. The highest BCUT2D eigenvalue weighted by Crippen LogP contribution is 1.98. The van der Waals surface area contributed by atoms with Gasteiger partial charge in [0.05, 0.1) is 3.57 Å². The molecule has 0 spiro atoms. The lowest BCUT2D eigenvalue weighted by atomic mass is 10.2. The minimum atomic E-state index is 0.0713. The van der Waals surface area contributed by atoms with E-state index >= 15 is 0 Å². The summed E-state index contributed by atoms with van der Waals surface area (Å²) >= 11 is 2.03. The van der Waals surface area contributed by atoms with E-state index in [4.69, 9.17) is 0 Å². The molecule has 0 aliphatic rings. The zero-order valence-electron chi connectivity index (χ0n) is 10.7. The molecule has 0 bridgehead atoms. The lowest BCUT2D eigenvalue weighted by Crippen LogP contribution is -2.28. The molecule has 0 aromatic carbocycles. The highest BCUT2D eigenvalue weighted by molar-refractivity contribution is 14.1. The van der Waals surface area contributed by atoms with Crippen molar-refractivity contribution in [2.24, 2.45) is 5.92 Å². The fourth-order valence-corrected chi connectivity index (χ4v) is 2.00. The maximum atomic E-state index is 11.9. The van der Waals surface area contributed by atoms with E-state index in [1.165, 1.54) is 0 Å². The monoisotopic (exact) mass is 349 g/mol. The van der Waals surface area contributed by atoms with Crippen LogP contribution in [0, 0.1) is 16.4 Å². The molecule has 0 saturated heterocycles. The molecule has 0 amide bonds. The van der Waals surface area contributed by atoms with Gasteiger partial charge in [-0.25, -0.2) is 4.98 Å². The Balaban J connectivity index is 2.47. The van der Waals surface area contributed by atoms with Crippen molar-refractivity contribution in [2.45, 2.75) is 33.7 Å². The van der Waals surface area contributed by atoms with Gasteiger partial charge >= 0.3 is 0 Å². The molecule has 0 unspecified atom stereocenters. The number of hydrogen-bond acceptors (Lipinski definition) is 3. The van der Waals surface area contributed by atoms with Gasteiger partial charge in [-0.2, -0.15) is 0 Å². The van der Waals surface area contributed by atoms with Crippen LogP contribution in [0.25, 0.3) is 0 Å². The minimum absolute atomic E-state index is 0.0713. The van der Waals surface area contributed by atoms with Crippen LogP contribution >= 0.6 is 22.6 Å². The van der Waals surface area contributed by atoms with Crippen LogP contribution in [0.3, 0.4) is 0 Å². The van der Waals surface area contributed by atoms with Crippen LogP contribution < -0.4 is 10.9 Å². The van der Waals surface area contributed by atoms with Crippen LogP contribution in [0.15, 0.2) is 11.0 Å². The topological polar surface area (TPSA) is 46.9 Å². The predicted molar refractivity (Wildman–Crippen MR) is 78.3 cm³/mol. The maximum Gasteiger partial charge on any atom is 0.266 e. The molecule has 0 fully saturated rings. The highest BCUT2D eigenvalue weighted by atomic mass is 127. The molecule has 1 rings (SSSR count). The quantitative estimate of drug-likeness (QED) is 0.629. The molecule has 4 nitrogen and oxygen atoms in total. The Hall–Kier alpha value is -0.430. The van der Waals surface area contributed by atoms with Crippen LogP contribution in [-0.2, 0) is 6.54 Å². The van der Waals surface area contributed by atoms with Crippen LogP contribution in [0.1, 0.15) is 26.1 Å². The van der Waals surface area contributed by atoms with Gasteiger partial charge in [-0.1, -0.05) is 13.8 Å². The molecule has 0 saturated carbocycles. The zero-order chi connectivity index (χ0) is 12.8. The lowest BCUT2D eigenvalue weighted by Gasteiger charge is -2.10. The smallest absolute Gasteiger partial charge is 0.266 e. The second-order valence-corrected chi connectivity index (χ2v) is 5.72. The van der Waals surface area contributed by atoms with E-state index in [1.807, 2.05) is 29.5 Å². The highest BCUT2D eigenvalue weighted by Gasteiger charge is 2.04. The first-order chi connectivity index (χ1) is 8.02. The second-order valence-electron chi connectivity index (χ2n) is 4.56. The zero-order valence-corrected chi connectivity index (χ0v) is 12.8. The molecule has 96 valence electrons. The Labute approximate surface area is 116 Å². The van der Waals surface area contributed by atoms with Crippen molar-refractivity contribution in [2.75, 3.05) is 13.1 Å². The van der Waals surface area contributed by atoms with Gasteiger partial charge in [0.15, 0.2) is 0 Å². The van der Waals surface area contributed by atoms with Crippen molar-refractivity contribution >= 4 is 22.6 Å². The summed E-state index contributed by atoms with van der Waals surface area (Å²) < 4.78 is 2.43. The van der Waals surface area contributed by atoms with E-state index < -0.39 is 0 Å². The predicted octanol–water partition coefficient (Wildman–Crippen LogP) is 1.79. The van der Waals surface area contributed by atoms with E-state index in [2.05, 4.69) is 24.1 Å². The first-order valence-electron chi connectivity index (χ1n) is 5.95. The molecular weight excluding hydrogens is 329 g/mol. The number of hydrogen-bond donors (Lipinski definition) is 1. The van der Waals surface area contributed by atoms with Gasteiger partial charge in [-0.05, 0) is 54.9 Å². The summed E-state index contributed by atoms with van der Waals surface area (Å²) in [5, 5.41) is 3.37. The van der Waals surface area contributed by atoms with Crippen molar-refractivity contribution in [3.8, 4) is 0 Å². The largest absolute Gasteiger partial charge is 0.316 e. The number of aryl methyl sites for hydroxylation is 1. The average molecular weight is 349 g/mol. The van der Waals surface area contributed by atoms with Gasteiger partial charge in [0.1, 0.15) is 5.82 Å². The first-order valence-corrected chi connectivity index (χ1v) is 7.03. The normalized spacial score (nSPS) is 11.1. The van der Waals surface area contributed by atoms with Crippen LogP contribution in [0.2, 0.25) is 0 Å². The van der Waals surface area contributed by atoms with Crippen LogP contribution in [0.4, 0.5) is 0 Å². The van der Waals surface area contributed by atoms with E-state index in [0.29, 0.717) is 9.49 Å². The Kier molecular flexibility index (Phi) is 6.11. The van der Waals surface area contributed by atoms with Gasteiger partial charge in [0.25, 0.3) is 5.56 Å². The van der Waals surface area contributed by atoms with Crippen LogP contribution in [0.5, 0.6) is 0 Å². The Morgan fingerprint density at radius 1 is 1.53 bits per heavy atom. The molecule has 1 aromatic rings. The SMILES string of the molecule is Cc1ncc(I)c(=O)n1CCCNCC(C)C. The van der Waals surface area contributed by atoms with Gasteiger partial charge < -0.3 is 5.32 Å². The van der Waals surface area contributed by atoms with Gasteiger partial charge in [0.2, 0.25) is 0 Å². The molecule has 0 aliphatic carbocycles. The summed E-state index contributed by atoms with van der Waals surface area (Å²) in [6.45, 7) is 8.95. The van der Waals surface area contributed by atoms with Crippen molar-refractivity contribution in [3.63, 3.8) is 0 Å². The maximum absolute atomic E-state index is 11.9. The van der Waals surface area contributed by atoms with Crippen molar-refractivity contribution in [1.29, 1.82) is 0 Å². The first kappa shape index (κ1) is 14.6. The number of rotatable bonds is 6. The van der Waals surface area contributed by atoms with Gasteiger partial charge in [-0.15, -0.1) is 0 Å². The van der Waals surface area contributed by atoms with E-state index in [1.54, 1.807) is 10.8 Å². The number of nitrogens with one attached hydrogen (secondary N) is 1. The van der Waals surface area contributed by atoms with E-state index in [9.17, 15) is 4.79 Å². The Bertz CT molecular complexity index is 415. The molecule has 17 heavy (non-hydrogen) atoms. The fraction of sp³-hybridized carbons (Fsp3) is 0.667. The van der Waals surface area contributed by atoms with Crippen LogP contribution in [-0.4, -0.2) is 22.6 Å². The molecule has 1 heterocycles. The molecule has 5 heteroatoms. The van der Waals surface area contributed by atoms with Gasteiger partial charge in [0, 0.05) is 12.7 Å². The molecular formula is C12H20IN3O. The number of nitrogens with zero attached hydrogens (tertiary/aromatic N) is 2. The van der Waals surface area contributed by atoms with Crippen molar-refractivity contribution in [1.82, 2.24) is 14.9 Å². The standard InChI is InChI=1S/C12H20IN3O/c1-9(2)7-14-5-4-6-16-10(3)15-8-11(13)12(16)17/h8-9,14H,4-7H2,1-3H3. The summed E-state index contributed by atoms with van der Waals surface area (Å²) in [6.07, 6.45) is 2.58. The van der Waals surface area contributed by atoms with E-state index in [0.717, 1.165) is 31.9 Å². The molecule has 0 aliphatic heterocycles. The number of halogens is 1. The Morgan fingerprint density at radius 2 is 2.24 bits per heavy atom. The van der Waals surface area contributed by atoms with Gasteiger partial charge in [-0.3, -0.25) is 9.36 Å². The Morgan fingerprint density at radius 3 is 2.88 bits per heavy atom.